The quantitative estimate of drug-likeness (QED) is 0.675. The van der Waals surface area contributed by atoms with Crippen LogP contribution in [0.3, 0.4) is 0 Å². The summed E-state index contributed by atoms with van der Waals surface area (Å²) in [6, 6.07) is 0. The van der Waals surface area contributed by atoms with Crippen LogP contribution in [0.2, 0.25) is 0 Å². The zero-order chi connectivity index (χ0) is 9.03. The summed E-state index contributed by atoms with van der Waals surface area (Å²) in [6.07, 6.45) is 4.77. The molecule has 72 valence electrons. The van der Waals surface area contributed by atoms with E-state index in [9.17, 15) is 5.11 Å². The van der Waals surface area contributed by atoms with Crippen molar-refractivity contribution < 1.29 is 5.11 Å². The van der Waals surface area contributed by atoms with Gasteiger partial charge in [-0.2, -0.15) is 0 Å². The van der Waals surface area contributed by atoms with Crippen molar-refractivity contribution in [1.82, 2.24) is 5.32 Å². The molecule has 1 saturated heterocycles. The molecule has 0 aromatic carbocycles. The standard InChI is InChI=1S/C10H21NO/c1-9(2)7-10(8-12)5-3-4-6-11-10/h9,11-12H,3-8H2,1-2H3. The fourth-order valence-electron chi connectivity index (χ4n) is 2.19. The van der Waals surface area contributed by atoms with E-state index in [1.165, 1.54) is 12.8 Å². The molecule has 1 fully saturated rings. The molecule has 1 heterocycles. The van der Waals surface area contributed by atoms with Gasteiger partial charge in [-0.1, -0.05) is 20.3 Å². The van der Waals surface area contributed by atoms with E-state index in [1.54, 1.807) is 0 Å². The molecular formula is C10H21NO. The maximum absolute atomic E-state index is 9.33. The van der Waals surface area contributed by atoms with Crippen molar-refractivity contribution in [2.24, 2.45) is 5.92 Å². The van der Waals surface area contributed by atoms with Crippen molar-refractivity contribution in [2.45, 2.75) is 45.1 Å². The van der Waals surface area contributed by atoms with Crippen LogP contribution in [0.1, 0.15) is 39.5 Å². The van der Waals surface area contributed by atoms with E-state index in [2.05, 4.69) is 19.2 Å². The molecule has 0 amide bonds. The molecule has 2 heteroatoms. The second-order valence-corrected chi connectivity index (χ2v) is 4.42. The van der Waals surface area contributed by atoms with E-state index in [4.69, 9.17) is 0 Å². The summed E-state index contributed by atoms with van der Waals surface area (Å²) in [5, 5.41) is 12.8. The Balaban J connectivity index is 2.48. The first-order chi connectivity index (χ1) is 5.68. The van der Waals surface area contributed by atoms with Crippen molar-refractivity contribution in [2.75, 3.05) is 13.2 Å². The lowest BCUT2D eigenvalue weighted by Gasteiger charge is -2.38. The van der Waals surface area contributed by atoms with E-state index < -0.39 is 0 Å². The molecule has 0 radical (unpaired) electrons. The molecule has 2 nitrogen and oxygen atoms in total. The number of aliphatic hydroxyl groups excluding tert-OH is 1. The minimum absolute atomic E-state index is 0.0480. The molecule has 1 unspecified atom stereocenters. The van der Waals surface area contributed by atoms with Crippen LogP contribution in [0.4, 0.5) is 0 Å². The Kier molecular flexibility index (Phi) is 3.53. The molecule has 12 heavy (non-hydrogen) atoms. The van der Waals surface area contributed by atoms with Crippen LogP contribution >= 0.6 is 0 Å². The summed E-state index contributed by atoms with van der Waals surface area (Å²) in [4.78, 5) is 0. The Morgan fingerprint density at radius 3 is 2.58 bits per heavy atom. The molecule has 0 aliphatic carbocycles. The third-order valence-corrected chi connectivity index (χ3v) is 2.68. The molecule has 1 aliphatic heterocycles. The molecule has 2 N–H and O–H groups in total. The maximum Gasteiger partial charge on any atom is 0.0613 e. The topological polar surface area (TPSA) is 32.3 Å². The third-order valence-electron chi connectivity index (χ3n) is 2.68. The summed E-state index contributed by atoms with van der Waals surface area (Å²) in [6.45, 7) is 5.81. The highest BCUT2D eigenvalue weighted by atomic mass is 16.3. The van der Waals surface area contributed by atoms with Crippen LogP contribution in [0, 0.1) is 5.92 Å². The van der Waals surface area contributed by atoms with Crippen LogP contribution < -0.4 is 5.32 Å². The number of hydrogen-bond acceptors (Lipinski definition) is 2. The van der Waals surface area contributed by atoms with Crippen molar-refractivity contribution >= 4 is 0 Å². The van der Waals surface area contributed by atoms with Gasteiger partial charge < -0.3 is 10.4 Å². The minimum Gasteiger partial charge on any atom is -0.394 e. The number of aliphatic hydroxyl groups is 1. The van der Waals surface area contributed by atoms with Gasteiger partial charge in [-0.3, -0.25) is 0 Å². The summed E-state index contributed by atoms with van der Waals surface area (Å²) < 4.78 is 0. The first kappa shape index (κ1) is 10.0. The first-order valence-electron chi connectivity index (χ1n) is 5.04. The van der Waals surface area contributed by atoms with Gasteiger partial charge in [0.25, 0.3) is 0 Å². The molecule has 1 aliphatic rings. The predicted molar refractivity (Wildman–Crippen MR) is 51.1 cm³/mol. The maximum atomic E-state index is 9.33. The van der Waals surface area contributed by atoms with E-state index in [-0.39, 0.29) is 5.54 Å². The molecular weight excluding hydrogens is 150 g/mol. The molecule has 0 bridgehead atoms. The van der Waals surface area contributed by atoms with Gasteiger partial charge in [0, 0.05) is 5.54 Å². The Labute approximate surface area is 75.4 Å². The van der Waals surface area contributed by atoms with Gasteiger partial charge in [-0.25, -0.2) is 0 Å². The van der Waals surface area contributed by atoms with Crippen LogP contribution in [-0.4, -0.2) is 23.8 Å². The SMILES string of the molecule is CC(C)CC1(CO)CCCCN1. The van der Waals surface area contributed by atoms with Gasteiger partial charge in [0.1, 0.15) is 0 Å². The van der Waals surface area contributed by atoms with Gasteiger partial charge in [-0.05, 0) is 31.7 Å². The third kappa shape index (κ3) is 2.46. The summed E-state index contributed by atoms with van der Waals surface area (Å²) >= 11 is 0. The van der Waals surface area contributed by atoms with E-state index in [0.29, 0.717) is 12.5 Å². The van der Waals surface area contributed by atoms with E-state index in [0.717, 1.165) is 19.4 Å². The van der Waals surface area contributed by atoms with Gasteiger partial charge >= 0.3 is 0 Å². The lowest BCUT2D eigenvalue weighted by Crippen LogP contribution is -2.52. The highest BCUT2D eigenvalue weighted by molar-refractivity contribution is 4.90. The summed E-state index contributed by atoms with van der Waals surface area (Å²) in [5.41, 5.74) is 0.0480. The van der Waals surface area contributed by atoms with Gasteiger partial charge in [0.05, 0.1) is 6.61 Å². The lowest BCUT2D eigenvalue weighted by molar-refractivity contribution is 0.111. The molecule has 0 saturated carbocycles. The normalized spacial score (nSPS) is 31.0. The number of nitrogens with one attached hydrogen (secondary N) is 1. The Hall–Kier alpha value is -0.0800. The second-order valence-electron chi connectivity index (χ2n) is 4.42. The first-order valence-corrected chi connectivity index (χ1v) is 5.04. The van der Waals surface area contributed by atoms with Crippen molar-refractivity contribution in [3.8, 4) is 0 Å². The second kappa shape index (κ2) is 4.24. The molecule has 0 aromatic rings. The van der Waals surface area contributed by atoms with Crippen molar-refractivity contribution in [3.63, 3.8) is 0 Å². The van der Waals surface area contributed by atoms with Crippen LogP contribution in [-0.2, 0) is 0 Å². The van der Waals surface area contributed by atoms with Crippen molar-refractivity contribution in [3.05, 3.63) is 0 Å². The zero-order valence-corrected chi connectivity index (χ0v) is 8.27. The molecule has 0 spiro atoms. The average Bonchev–Trinajstić information content (AvgIpc) is 2.05. The van der Waals surface area contributed by atoms with E-state index >= 15 is 0 Å². The zero-order valence-electron chi connectivity index (χ0n) is 8.27. The van der Waals surface area contributed by atoms with Gasteiger partial charge in [0.2, 0.25) is 0 Å². The Bertz CT molecular complexity index is 128. The van der Waals surface area contributed by atoms with Crippen molar-refractivity contribution in [1.29, 1.82) is 0 Å². The van der Waals surface area contributed by atoms with E-state index in [1.807, 2.05) is 0 Å². The number of piperidine rings is 1. The highest BCUT2D eigenvalue weighted by Crippen LogP contribution is 2.25. The lowest BCUT2D eigenvalue weighted by atomic mass is 9.82. The highest BCUT2D eigenvalue weighted by Gasteiger charge is 2.31. The molecule has 1 atom stereocenters. The van der Waals surface area contributed by atoms with Gasteiger partial charge in [-0.15, -0.1) is 0 Å². The summed E-state index contributed by atoms with van der Waals surface area (Å²) in [5.74, 6) is 0.669. The van der Waals surface area contributed by atoms with Crippen LogP contribution in [0.5, 0.6) is 0 Å². The number of hydrogen-bond donors (Lipinski definition) is 2. The average molecular weight is 171 g/mol. The van der Waals surface area contributed by atoms with Crippen LogP contribution in [0.15, 0.2) is 0 Å². The number of rotatable bonds is 3. The molecule has 0 aromatic heterocycles. The fraction of sp³-hybridized carbons (Fsp3) is 1.00. The minimum atomic E-state index is 0.0480. The molecule has 1 rings (SSSR count). The summed E-state index contributed by atoms with van der Waals surface area (Å²) in [7, 11) is 0. The Morgan fingerprint density at radius 2 is 2.17 bits per heavy atom. The fourth-order valence-corrected chi connectivity index (χ4v) is 2.19. The predicted octanol–water partition coefficient (Wildman–Crippen LogP) is 1.54. The monoisotopic (exact) mass is 171 g/mol. The Morgan fingerprint density at radius 1 is 1.42 bits per heavy atom. The largest absolute Gasteiger partial charge is 0.394 e. The van der Waals surface area contributed by atoms with Gasteiger partial charge in [0.15, 0.2) is 0 Å². The van der Waals surface area contributed by atoms with Crippen LogP contribution in [0.25, 0.3) is 0 Å². The smallest absolute Gasteiger partial charge is 0.0613 e.